The highest BCUT2D eigenvalue weighted by Gasteiger charge is 2.29. The van der Waals surface area contributed by atoms with E-state index in [0.717, 1.165) is 19.6 Å². The summed E-state index contributed by atoms with van der Waals surface area (Å²) < 4.78 is 7.04. The van der Waals surface area contributed by atoms with Gasteiger partial charge in [-0.25, -0.2) is 4.79 Å². The molecule has 6 heteroatoms. The minimum atomic E-state index is -0.770. The first-order chi connectivity index (χ1) is 12.5. The number of hydrogen-bond donors (Lipinski definition) is 1. The molecule has 0 unspecified atom stereocenters. The topological polar surface area (TPSA) is 56.0 Å². The zero-order chi connectivity index (χ0) is 18.5. The molecule has 1 amide bonds. The van der Waals surface area contributed by atoms with E-state index in [1.165, 1.54) is 10.5 Å². The number of carbonyl (C=O) groups is 2. The summed E-state index contributed by atoms with van der Waals surface area (Å²) in [6.45, 7) is 5.80. The van der Waals surface area contributed by atoms with Crippen molar-refractivity contribution in [2.75, 3.05) is 26.2 Å². The Morgan fingerprint density at radius 3 is 2.42 bits per heavy atom. The molecule has 3 rings (SSSR count). The van der Waals surface area contributed by atoms with Crippen molar-refractivity contribution >= 4 is 11.9 Å². The molecule has 1 aliphatic rings. The molecule has 1 atom stereocenters. The summed E-state index contributed by atoms with van der Waals surface area (Å²) in [5.41, 5.74) is 1.76. The van der Waals surface area contributed by atoms with Gasteiger partial charge in [-0.2, -0.15) is 0 Å². The Labute approximate surface area is 154 Å². The van der Waals surface area contributed by atoms with E-state index in [4.69, 9.17) is 4.74 Å². The maximum Gasteiger partial charge on any atom is 0.355 e. The number of carbonyl (C=O) groups excluding carboxylic acids is 2. The lowest BCUT2D eigenvalue weighted by Gasteiger charge is -2.33. The molecule has 0 radical (unpaired) electrons. The third-order valence-electron chi connectivity index (χ3n) is 4.86. The number of hydrogen-bond acceptors (Lipinski definition) is 3. The molecular formula is C20H26N3O3+. The van der Waals surface area contributed by atoms with Gasteiger partial charge >= 0.3 is 5.97 Å². The number of benzene rings is 1. The van der Waals surface area contributed by atoms with Crippen LogP contribution in [0.2, 0.25) is 0 Å². The Morgan fingerprint density at radius 1 is 1.12 bits per heavy atom. The van der Waals surface area contributed by atoms with Crippen LogP contribution < -0.4 is 4.90 Å². The summed E-state index contributed by atoms with van der Waals surface area (Å²) in [4.78, 5) is 28.0. The van der Waals surface area contributed by atoms with Gasteiger partial charge in [0, 0.05) is 18.8 Å². The van der Waals surface area contributed by atoms with E-state index in [-0.39, 0.29) is 5.91 Å². The fourth-order valence-corrected chi connectivity index (χ4v) is 3.31. The van der Waals surface area contributed by atoms with Crippen molar-refractivity contribution in [2.45, 2.75) is 19.6 Å². The van der Waals surface area contributed by atoms with Crippen LogP contribution in [0.1, 0.15) is 23.0 Å². The molecule has 1 N–H and O–H groups in total. The monoisotopic (exact) mass is 356 g/mol. The van der Waals surface area contributed by atoms with Crippen LogP contribution in [0.25, 0.3) is 0 Å². The van der Waals surface area contributed by atoms with Crippen molar-refractivity contribution in [1.82, 2.24) is 9.47 Å². The second-order valence-electron chi connectivity index (χ2n) is 6.79. The molecule has 1 fully saturated rings. The largest absolute Gasteiger partial charge is 0.448 e. The minimum absolute atomic E-state index is 0.119. The van der Waals surface area contributed by atoms with E-state index in [1.807, 2.05) is 6.07 Å². The Hall–Kier alpha value is -2.60. The number of aryl methyl sites for hydroxylation is 1. The smallest absolute Gasteiger partial charge is 0.355 e. The standard InChI is InChI=1S/C20H25N3O3/c1-16(26-20(25)18-9-6-10-21(18)2)19(24)23-13-11-22(12-14-23)15-17-7-4-3-5-8-17/h3-10,16H,11-15H2,1-2H3/p+1/t16-/m0/s1. The van der Waals surface area contributed by atoms with E-state index in [1.54, 1.807) is 41.8 Å². The fourth-order valence-electron chi connectivity index (χ4n) is 3.31. The predicted molar refractivity (Wildman–Crippen MR) is 97.7 cm³/mol. The van der Waals surface area contributed by atoms with E-state index < -0.39 is 12.1 Å². The lowest BCUT2D eigenvalue weighted by molar-refractivity contribution is -0.917. The van der Waals surface area contributed by atoms with Crippen LogP contribution in [0.5, 0.6) is 0 Å². The molecule has 0 aliphatic carbocycles. The minimum Gasteiger partial charge on any atom is -0.448 e. The van der Waals surface area contributed by atoms with Crippen molar-refractivity contribution in [3.63, 3.8) is 0 Å². The SMILES string of the molecule is C[C@H](OC(=O)c1cccn1C)C(=O)N1CC[NH+](Cc2ccccc2)CC1. The van der Waals surface area contributed by atoms with Gasteiger partial charge in [-0.3, -0.25) is 4.79 Å². The normalized spacial score (nSPS) is 16.3. The third-order valence-corrected chi connectivity index (χ3v) is 4.86. The molecule has 2 aromatic rings. The van der Waals surface area contributed by atoms with Crippen LogP contribution >= 0.6 is 0 Å². The lowest BCUT2D eigenvalue weighted by atomic mass is 10.2. The van der Waals surface area contributed by atoms with Crippen LogP contribution in [-0.4, -0.2) is 53.6 Å². The summed E-state index contributed by atoms with van der Waals surface area (Å²) in [7, 11) is 1.78. The molecule has 2 heterocycles. The highest BCUT2D eigenvalue weighted by atomic mass is 16.5. The van der Waals surface area contributed by atoms with Gasteiger partial charge < -0.3 is 19.1 Å². The van der Waals surface area contributed by atoms with Gasteiger partial charge in [0.25, 0.3) is 5.91 Å². The van der Waals surface area contributed by atoms with Crippen molar-refractivity contribution < 1.29 is 19.2 Å². The molecule has 0 saturated carbocycles. The first-order valence-corrected chi connectivity index (χ1v) is 9.03. The van der Waals surface area contributed by atoms with Gasteiger partial charge in [0.05, 0.1) is 26.2 Å². The first-order valence-electron chi connectivity index (χ1n) is 9.03. The lowest BCUT2D eigenvalue weighted by Crippen LogP contribution is -3.13. The molecule has 1 aromatic heterocycles. The Kier molecular flexibility index (Phi) is 5.73. The quantitative estimate of drug-likeness (QED) is 0.794. The molecule has 1 saturated heterocycles. The van der Waals surface area contributed by atoms with E-state index in [9.17, 15) is 9.59 Å². The zero-order valence-electron chi connectivity index (χ0n) is 15.4. The highest BCUT2D eigenvalue weighted by Crippen LogP contribution is 2.07. The van der Waals surface area contributed by atoms with Gasteiger partial charge in [-0.05, 0) is 19.1 Å². The summed E-state index contributed by atoms with van der Waals surface area (Å²) in [6.07, 6.45) is 1.01. The van der Waals surface area contributed by atoms with Crippen LogP contribution in [0.4, 0.5) is 0 Å². The highest BCUT2D eigenvalue weighted by molar-refractivity contribution is 5.91. The summed E-state index contributed by atoms with van der Waals surface area (Å²) in [6, 6.07) is 13.9. The number of rotatable bonds is 5. The van der Waals surface area contributed by atoms with E-state index in [2.05, 4.69) is 24.3 Å². The average Bonchev–Trinajstić information content (AvgIpc) is 3.08. The molecular weight excluding hydrogens is 330 g/mol. The molecule has 6 nitrogen and oxygen atoms in total. The van der Waals surface area contributed by atoms with Crippen molar-refractivity contribution in [1.29, 1.82) is 0 Å². The molecule has 0 bridgehead atoms. The van der Waals surface area contributed by atoms with E-state index in [0.29, 0.717) is 18.8 Å². The average molecular weight is 356 g/mol. The number of nitrogens with zero attached hydrogens (tertiary/aromatic N) is 2. The van der Waals surface area contributed by atoms with Crippen LogP contribution in [0, 0.1) is 0 Å². The summed E-state index contributed by atoms with van der Waals surface area (Å²) >= 11 is 0. The van der Waals surface area contributed by atoms with Gasteiger partial charge in [0.2, 0.25) is 0 Å². The van der Waals surface area contributed by atoms with Crippen molar-refractivity contribution in [3.05, 3.63) is 59.9 Å². The summed E-state index contributed by atoms with van der Waals surface area (Å²) in [5, 5.41) is 0. The van der Waals surface area contributed by atoms with Gasteiger partial charge in [0.1, 0.15) is 12.2 Å². The van der Waals surface area contributed by atoms with Gasteiger partial charge in [-0.15, -0.1) is 0 Å². The van der Waals surface area contributed by atoms with E-state index >= 15 is 0 Å². The van der Waals surface area contributed by atoms with Crippen molar-refractivity contribution in [2.24, 2.45) is 7.05 Å². The summed E-state index contributed by atoms with van der Waals surface area (Å²) in [5.74, 6) is -0.585. The Morgan fingerprint density at radius 2 is 1.81 bits per heavy atom. The molecule has 138 valence electrons. The number of ether oxygens (including phenoxy) is 1. The van der Waals surface area contributed by atoms with Crippen molar-refractivity contribution in [3.8, 4) is 0 Å². The van der Waals surface area contributed by atoms with Gasteiger partial charge in [-0.1, -0.05) is 30.3 Å². The number of piperazine rings is 1. The molecule has 26 heavy (non-hydrogen) atoms. The molecule has 1 aliphatic heterocycles. The number of aromatic nitrogens is 1. The Bertz CT molecular complexity index is 749. The second-order valence-corrected chi connectivity index (χ2v) is 6.79. The number of amides is 1. The van der Waals surface area contributed by atoms with Gasteiger partial charge in [0.15, 0.2) is 6.10 Å². The molecule has 0 spiro atoms. The maximum atomic E-state index is 12.6. The maximum absolute atomic E-state index is 12.6. The zero-order valence-corrected chi connectivity index (χ0v) is 15.4. The fraction of sp³-hybridized carbons (Fsp3) is 0.400. The van der Waals surface area contributed by atoms with Crippen LogP contribution in [-0.2, 0) is 23.1 Å². The molecule has 1 aromatic carbocycles. The third kappa shape index (κ3) is 4.32. The first kappa shape index (κ1) is 18.2. The Balaban J connectivity index is 1.48. The number of nitrogens with one attached hydrogen (secondary N) is 1. The number of quaternary nitrogens is 1. The van der Waals surface area contributed by atoms with Crippen LogP contribution in [0.15, 0.2) is 48.7 Å². The second kappa shape index (κ2) is 8.19. The van der Waals surface area contributed by atoms with Crippen LogP contribution in [0.3, 0.4) is 0 Å². The number of esters is 1. The predicted octanol–water partition coefficient (Wildman–Crippen LogP) is 0.498.